The molecule has 0 aromatic heterocycles. The van der Waals surface area contributed by atoms with E-state index in [0.717, 1.165) is 5.56 Å². The van der Waals surface area contributed by atoms with Gasteiger partial charge in [-0.15, -0.1) is 0 Å². The predicted octanol–water partition coefficient (Wildman–Crippen LogP) is 3.06. The molecule has 122 valence electrons. The molecule has 1 aromatic rings. The number of hydrogen-bond donors (Lipinski definition) is 1. The Bertz CT molecular complexity index is 473. The van der Waals surface area contributed by atoms with Gasteiger partial charge in [-0.3, -0.25) is 0 Å². The summed E-state index contributed by atoms with van der Waals surface area (Å²) in [5.74, 6) is 0. The monoisotopic (exact) mass is 371 g/mol. The molecular formula is C16H22BrNO4. The lowest BCUT2D eigenvalue weighted by atomic mass is 10.2. The second-order valence-electron chi connectivity index (χ2n) is 5.83. The van der Waals surface area contributed by atoms with Crippen LogP contribution < -0.4 is 5.32 Å². The van der Waals surface area contributed by atoms with Crippen LogP contribution in [0.1, 0.15) is 26.3 Å². The van der Waals surface area contributed by atoms with E-state index in [4.69, 9.17) is 9.47 Å². The Hall–Kier alpha value is -1.40. The lowest BCUT2D eigenvalue weighted by molar-refractivity contribution is -0.108. The first kappa shape index (κ1) is 18.6. The van der Waals surface area contributed by atoms with E-state index in [1.165, 1.54) is 0 Å². The van der Waals surface area contributed by atoms with Crippen molar-refractivity contribution in [2.75, 3.05) is 6.61 Å². The molecule has 0 aliphatic rings. The fourth-order valence-electron chi connectivity index (χ4n) is 1.64. The Kier molecular flexibility index (Phi) is 7.55. The number of ether oxygens (including phenoxy) is 2. The molecule has 6 heteroatoms. The summed E-state index contributed by atoms with van der Waals surface area (Å²) >= 11 is 3.22. The number of carbonyl (C=O) groups is 2. The Labute approximate surface area is 139 Å². The molecule has 0 aliphatic heterocycles. The van der Waals surface area contributed by atoms with Gasteiger partial charge in [0, 0.05) is 0 Å². The van der Waals surface area contributed by atoms with Crippen LogP contribution in [0.2, 0.25) is 0 Å². The Morgan fingerprint density at radius 1 is 1.32 bits per heavy atom. The molecule has 0 saturated heterocycles. The maximum Gasteiger partial charge on any atom is 0.408 e. The van der Waals surface area contributed by atoms with Crippen molar-refractivity contribution in [3.63, 3.8) is 0 Å². The van der Waals surface area contributed by atoms with Gasteiger partial charge in [-0.2, -0.15) is 0 Å². The number of aldehydes is 1. The minimum absolute atomic E-state index is 0.197. The van der Waals surface area contributed by atoms with Crippen molar-refractivity contribution in [1.29, 1.82) is 0 Å². The summed E-state index contributed by atoms with van der Waals surface area (Å²) in [6, 6.07) is 9.17. The molecule has 0 radical (unpaired) electrons. The van der Waals surface area contributed by atoms with E-state index in [2.05, 4.69) is 21.2 Å². The average Bonchev–Trinajstić information content (AvgIpc) is 2.44. The van der Waals surface area contributed by atoms with Gasteiger partial charge in [0.1, 0.15) is 11.9 Å². The van der Waals surface area contributed by atoms with Gasteiger partial charge in [0.25, 0.3) is 0 Å². The summed E-state index contributed by atoms with van der Waals surface area (Å²) in [6.45, 7) is 5.94. The molecule has 0 unspecified atom stereocenters. The zero-order chi connectivity index (χ0) is 16.6. The fourth-order valence-corrected chi connectivity index (χ4v) is 1.93. The van der Waals surface area contributed by atoms with Crippen molar-refractivity contribution in [3.05, 3.63) is 35.9 Å². The number of halogens is 1. The number of amides is 1. The minimum Gasteiger partial charge on any atom is -0.444 e. The molecule has 1 N–H and O–H groups in total. The molecular weight excluding hydrogens is 350 g/mol. The van der Waals surface area contributed by atoms with Gasteiger partial charge in [0.2, 0.25) is 0 Å². The highest BCUT2D eigenvalue weighted by Gasteiger charge is 2.24. The van der Waals surface area contributed by atoms with E-state index in [9.17, 15) is 9.59 Å². The molecule has 0 aliphatic carbocycles. The highest BCUT2D eigenvalue weighted by molar-refractivity contribution is 9.10. The zero-order valence-corrected chi connectivity index (χ0v) is 14.6. The number of alkyl halides is 1. The molecule has 0 heterocycles. The van der Waals surface area contributed by atoms with Crippen molar-refractivity contribution in [2.24, 2.45) is 0 Å². The second-order valence-corrected chi connectivity index (χ2v) is 6.89. The van der Waals surface area contributed by atoms with E-state index in [1.54, 1.807) is 20.8 Å². The Morgan fingerprint density at radius 2 is 1.95 bits per heavy atom. The first-order valence-corrected chi connectivity index (χ1v) is 7.94. The summed E-state index contributed by atoms with van der Waals surface area (Å²) in [5.41, 5.74) is 0.429. The van der Waals surface area contributed by atoms with E-state index < -0.39 is 22.6 Å². The van der Waals surface area contributed by atoms with Gasteiger partial charge in [-0.1, -0.05) is 46.3 Å². The van der Waals surface area contributed by atoms with Crippen molar-refractivity contribution in [3.8, 4) is 0 Å². The second kappa shape index (κ2) is 8.90. The maximum atomic E-state index is 11.8. The van der Waals surface area contributed by atoms with Crippen LogP contribution in [0, 0.1) is 0 Å². The fraction of sp³-hybridized carbons (Fsp3) is 0.500. The van der Waals surface area contributed by atoms with Gasteiger partial charge in [-0.05, 0) is 26.3 Å². The van der Waals surface area contributed by atoms with Gasteiger partial charge in [0.15, 0.2) is 0 Å². The normalized spacial score (nSPS) is 14.0. The first-order valence-electron chi connectivity index (χ1n) is 7.02. The maximum absolute atomic E-state index is 11.8. The Balaban J connectivity index is 2.50. The van der Waals surface area contributed by atoms with Crippen molar-refractivity contribution in [2.45, 2.75) is 43.8 Å². The third kappa shape index (κ3) is 7.56. The molecule has 0 spiro atoms. The smallest absolute Gasteiger partial charge is 0.408 e. The molecule has 5 nitrogen and oxygen atoms in total. The van der Waals surface area contributed by atoms with E-state index in [1.807, 2.05) is 30.3 Å². The van der Waals surface area contributed by atoms with Crippen LogP contribution in [0.4, 0.5) is 4.79 Å². The lowest BCUT2D eigenvalue weighted by Crippen LogP contribution is -2.46. The molecule has 0 saturated carbocycles. The molecule has 1 aromatic carbocycles. The minimum atomic E-state index is -0.595. The number of rotatable bonds is 7. The molecule has 0 fully saturated rings. The van der Waals surface area contributed by atoms with Gasteiger partial charge in [-0.25, -0.2) is 4.79 Å². The zero-order valence-electron chi connectivity index (χ0n) is 13.0. The molecule has 22 heavy (non-hydrogen) atoms. The van der Waals surface area contributed by atoms with Crippen LogP contribution in [0.15, 0.2) is 30.3 Å². The van der Waals surface area contributed by atoms with Crippen LogP contribution in [0.5, 0.6) is 0 Å². The number of hydrogen-bond acceptors (Lipinski definition) is 4. The first-order chi connectivity index (χ1) is 10.3. The van der Waals surface area contributed by atoms with Gasteiger partial charge < -0.3 is 19.6 Å². The quantitative estimate of drug-likeness (QED) is 0.590. The SMILES string of the molecule is CC(C)(C)OC(=O)N[C@H](COCc1ccccc1)[C@H](Br)C=O. The average molecular weight is 372 g/mol. The van der Waals surface area contributed by atoms with Gasteiger partial charge >= 0.3 is 6.09 Å². The third-order valence-corrected chi connectivity index (χ3v) is 3.48. The van der Waals surface area contributed by atoms with Crippen LogP contribution in [-0.4, -0.2) is 35.5 Å². The predicted molar refractivity (Wildman–Crippen MR) is 88.0 cm³/mol. The summed E-state index contributed by atoms with van der Waals surface area (Å²) < 4.78 is 10.8. The molecule has 2 atom stereocenters. The van der Waals surface area contributed by atoms with Crippen molar-refractivity contribution in [1.82, 2.24) is 5.32 Å². The lowest BCUT2D eigenvalue weighted by Gasteiger charge is -2.24. The number of alkyl carbamates (subject to hydrolysis) is 1. The number of carbonyl (C=O) groups excluding carboxylic acids is 2. The molecule has 1 amide bonds. The third-order valence-electron chi connectivity index (χ3n) is 2.63. The van der Waals surface area contributed by atoms with E-state index in [-0.39, 0.29) is 6.61 Å². The topological polar surface area (TPSA) is 64.6 Å². The molecule has 1 rings (SSSR count). The van der Waals surface area contributed by atoms with Crippen molar-refractivity contribution >= 4 is 28.3 Å². The largest absolute Gasteiger partial charge is 0.444 e. The molecule has 0 bridgehead atoms. The van der Waals surface area contributed by atoms with Crippen LogP contribution in [-0.2, 0) is 20.9 Å². The summed E-state index contributed by atoms with van der Waals surface area (Å²) in [5, 5.41) is 2.65. The van der Waals surface area contributed by atoms with Crippen LogP contribution in [0.25, 0.3) is 0 Å². The number of nitrogens with one attached hydrogen (secondary N) is 1. The van der Waals surface area contributed by atoms with E-state index in [0.29, 0.717) is 12.9 Å². The Morgan fingerprint density at radius 3 is 2.50 bits per heavy atom. The van der Waals surface area contributed by atoms with Crippen LogP contribution in [0.3, 0.4) is 0 Å². The number of benzene rings is 1. The highest BCUT2D eigenvalue weighted by Crippen LogP contribution is 2.10. The van der Waals surface area contributed by atoms with E-state index >= 15 is 0 Å². The summed E-state index contributed by atoms with van der Waals surface area (Å²) in [7, 11) is 0. The van der Waals surface area contributed by atoms with Crippen LogP contribution >= 0.6 is 15.9 Å². The summed E-state index contributed by atoms with van der Waals surface area (Å²) in [6.07, 6.45) is 0.139. The highest BCUT2D eigenvalue weighted by atomic mass is 79.9. The van der Waals surface area contributed by atoms with Crippen molar-refractivity contribution < 1.29 is 19.1 Å². The summed E-state index contributed by atoms with van der Waals surface area (Å²) in [4.78, 5) is 22.2. The standard InChI is InChI=1S/C16H22BrNO4/c1-16(2,3)22-15(20)18-14(13(17)9-19)11-21-10-12-7-5-4-6-8-12/h4-9,13-14H,10-11H2,1-3H3,(H,18,20)/t13-,14-/m1/s1. The van der Waals surface area contributed by atoms with Gasteiger partial charge in [0.05, 0.1) is 24.1 Å².